The number of nitrogens with zero attached hydrogens (tertiary/aromatic N) is 1. The number of pyridine rings is 1. The molecule has 3 nitrogen and oxygen atoms in total. The molecule has 0 saturated heterocycles. The number of aromatic nitrogens is 1. The van der Waals surface area contributed by atoms with E-state index in [-0.39, 0.29) is 5.39 Å². The summed E-state index contributed by atoms with van der Waals surface area (Å²) in [4.78, 5) is 2.87. The fourth-order valence-corrected chi connectivity index (χ4v) is 2.91. The number of benzene rings is 1. The summed E-state index contributed by atoms with van der Waals surface area (Å²) in [5.74, 6) is 0. The van der Waals surface area contributed by atoms with E-state index in [1.807, 2.05) is 0 Å². The molecule has 1 heterocycles. The lowest BCUT2D eigenvalue weighted by atomic mass is 10.2. The molecule has 18 heavy (non-hydrogen) atoms. The van der Waals surface area contributed by atoms with Gasteiger partial charge in [0.1, 0.15) is 0 Å². The second-order valence-electron chi connectivity index (χ2n) is 3.42. The molecule has 0 N–H and O–H groups in total. The molecule has 0 fully saturated rings. The van der Waals surface area contributed by atoms with E-state index in [1.54, 1.807) is 0 Å². The van der Waals surface area contributed by atoms with Crippen LogP contribution in [0.1, 0.15) is 0 Å². The molecule has 1 aromatic heterocycles. The van der Waals surface area contributed by atoms with E-state index >= 15 is 0 Å². The average molecular weight is 340 g/mol. The highest BCUT2D eigenvalue weighted by molar-refractivity contribution is 9.10. The van der Waals surface area contributed by atoms with Crippen molar-refractivity contribution in [2.24, 2.45) is 0 Å². The van der Waals surface area contributed by atoms with Crippen LogP contribution in [-0.2, 0) is 9.84 Å². The van der Waals surface area contributed by atoms with Gasteiger partial charge in [0.15, 0.2) is 0 Å². The summed E-state index contributed by atoms with van der Waals surface area (Å²) in [6.45, 7) is 0. The highest BCUT2D eigenvalue weighted by Crippen LogP contribution is 2.36. The first-order valence-corrected chi connectivity index (χ1v) is 6.86. The maximum Gasteiger partial charge on any atom is 0.501 e. The van der Waals surface area contributed by atoms with Crippen LogP contribution in [0.2, 0.25) is 0 Å². The second kappa shape index (κ2) is 4.20. The van der Waals surface area contributed by atoms with Crippen LogP contribution >= 0.6 is 15.9 Å². The molecular weight excluding hydrogens is 335 g/mol. The van der Waals surface area contributed by atoms with Crippen molar-refractivity contribution in [1.82, 2.24) is 4.98 Å². The fourth-order valence-electron chi connectivity index (χ4n) is 1.49. The average Bonchev–Trinajstić information content (AvgIpc) is 2.28. The Kier molecular flexibility index (Phi) is 3.10. The number of sulfone groups is 1. The van der Waals surface area contributed by atoms with Gasteiger partial charge in [-0.25, -0.2) is 8.42 Å². The Morgan fingerprint density at radius 3 is 2.39 bits per heavy atom. The molecule has 0 bridgehead atoms. The molecule has 0 radical (unpaired) electrons. The first kappa shape index (κ1) is 13.3. The summed E-state index contributed by atoms with van der Waals surface area (Å²) >= 11 is 3.14. The third-order valence-corrected chi connectivity index (χ3v) is 4.56. The first-order valence-electron chi connectivity index (χ1n) is 4.59. The number of rotatable bonds is 1. The minimum Gasteiger partial charge on any atom is -0.264 e. The topological polar surface area (TPSA) is 47.0 Å². The van der Waals surface area contributed by atoms with Crippen LogP contribution in [0.4, 0.5) is 13.2 Å². The largest absolute Gasteiger partial charge is 0.501 e. The van der Waals surface area contributed by atoms with Crippen LogP contribution in [0, 0.1) is 0 Å². The van der Waals surface area contributed by atoms with Gasteiger partial charge in [-0.15, -0.1) is 0 Å². The van der Waals surface area contributed by atoms with E-state index in [2.05, 4.69) is 20.9 Å². The molecule has 96 valence electrons. The zero-order chi connectivity index (χ0) is 13.6. The summed E-state index contributed by atoms with van der Waals surface area (Å²) in [7, 11) is -5.38. The van der Waals surface area contributed by atoms with Crippen molar-refractivity contribution in [1.29, 1.82) is 0 Å². The summed E-state index contributed by atoms with van der Waals surface area (Å²) < 4.78 is 60.9. The predicted octanol–water partition coefficient (Wildman–Crippen LogP) is 3.29. The zero-order valence-corrected chi connectivity index (χ0v) is 11.0. The molecule has 0 atom stereocenters. The van der Waals surface area contributed by atoms with Crippen molar-refractivity contribution in [2.45, 2.75) is 10.4 Å². The van der Waals surface area contributed by atoms with Gasteiger partial charge in [0.05, 0.1) is 4.90 Å². The van der Waals surface area contributed by atoms with Gasteiger partial charge < -0.3 is 0 Å². The normalized spacial score (nSPS) is 12.9. The van der Waals surface area contributed by atoms with Crippen LogP contribution in [0.25, 0.3) is 10.8 Å². The fraction of sp³-hybridized carbons (Fsp3) is 0.100. The maximum absolute atomic E-state index is 12.5. The third kappa shape index (κ3) is 1.99. The summed E-state index contributed by atoms with van der Waals surface area (Å²) in [6, 6.07) is 3.62. The third-order valence-electron chi connectivity index (χ3n) is 2.32. The van der Waals surface area contributed by atoms with E-state index in [1.165, 1.54) is 18.3 Å². The lowest BCUT2D eigenvalue weighted by Crippen LogP contribution is -2.23. The Bertz CT molecular complexity index is 713. The van der Waals surface area contributed by atoms with Gasteiger partial charge >= 0.3 is 5.51 Å². The van der Waals surface area contributed by atoms with Crippen molar-refractivity contribution in [2.75, 3.05) is 0 Å². The van der Waals surface area contributed by atoms with Crippen molar-refractivity contribution in [3.8, 4) is 0 Å². The van der Waals surface area contributed by atoms with Gasteiger partial charge in [0.25, 0.3) is 9.84 Å². The van der Waals surface area contributed by atoms with Crippen LogP contribution in [-0.4, -0.2) is 18.9 Å². The van der Waals surface area contributed by atoms with Gasteiger partial charge in [0, 0.05) is 27.6 Å². The molecule has 0 spiro atoms. The lowest BCUT2D eigenvalue weighted by Gasteiger charge is -2.11. The number of hydrogen-bond acceptors (Lipinski definition) is 3. The van der Waals surface area contributed by atoms with Gasteiger partial charge in [-0.1, -0.05) is 15.9 Å². The Morgan fingerprint density at radius 1 is 1.11 bits per heavy atom. The van der Waals surface area contributed by atoms with Crippen molar-refractivity contribution in [3.05, 3.63) is 35.1 Å². The standard InChI is InChI=1S/C10H5BrF3NO2S/c11-8-1-2-9(18(16,17)10(12,13)14)7-5-15-4-3-6(7)8/h1-5H. The van der Waals surface area contributed by atoms with Gasteiger partial charge in [-0.05, 0) is 18.2 Å². The van der Waals surface area contributed by atoms with Crippen LogP contribution in [0.15, 0.2) is 40.0 Å². The highest BCUT2D eigenvalue weighted by Gasteiger charge is 2.47. The van der Waals surface area contributed by atoms with E-state index in [0.717, 1.165) is 12.3 Å². The summed E-state index contributed by atoms with van der Waals surface area (Å²) in [6.07, 6.45) is 2.47. The molecular formula is C10H5BrF3NO2S. The molecule has 0 aliphatic heterocycles. The molecule has 0 unspecified atom stereocenters. The quantitative estimate of drug-likeness (QED) is 0.800. The van der Waals surface area contributed by atoms with Crippen LogP contribution < -0.4 is 0 Å². The molecule has 1 aromatic carbocycles. The highest BCUT2D eigenvalue weighted by atomic mass is 79.9. The molecule has 0 saturated carbocycles. The van der Waals surface area contributed by atoms with E-state index in [0.29, 0.717) is 9.86 Å². The molecule has 0 aliphatic rings. The number of alkyl halides is 3. The molecule has 2 aromatic rings. The Balaban J connectivity index is 2.87. The van der Waals surface area contributed by atoms with E-state index in [9.17, 15) is 21.6 Å². The number of halogens is 4. The van der Waals surface area contributed by atoms with Gasteiger partial charge in [0.2, 0.25) is 0 Å². The number of fused-ring (bicyclic) bond motifs is 1. The Morgan fingerprint density at radius 2 is 1.78 bits per heavy atom. The van der Waals surface area contributed by atoms with E-state index < -0.39 is 20.2 Å². The van der Waals surface area contributed by atoms with Crippen molar-refractivity contribution in [3.63, 3.8) is 0 Å². The zero-order valence-electron chi connectivity index (χ0n) is 8.57. The van der Waals surface area contributed by atoms with Crippen LogP contribution in [0.3, 0.4) is 0 Å². The number of hydrogen-bond donors (Lipinski definition) is 0. The Hall–Kier alpha value is -1.15. The van der Waals surface area contributed by atoms with Gasteiger partial charge in [-0.3, -0.25) is 4.98 Å². The summed E-state index contributed by atoms with van der Waals surface area (Å²) in [5, 5.41) is 0.291. The monoisotopic (exact) mass is 339 g/mol. The molecule has 0 amide bonds. The lowest BCUT2D eigenvalue weighted by molar-refractivity contribution is -0.0435. The molecule has 2 rings (SSSR count). The van der Waals surface area contributed by atoms with Crippen LogP contribution in [0.5, 0.6) is 0 Å². The smallest absolute Gasteiger partial charge is 0.264 e. The summed E-state index contributed by atoms with van der Waals surface area (Å²) in [5.41, 5.74) is -5.33. The van der Waals surface area contributed by atoms with Crippen molar-refractivity contribution < 1.29 is 21.6 Å². The minimum atomic E-state index is -5.38. The van der Waals surface area contributed by atoms with E-state index in [4.69, 9.17) is 0 Å². The minimum absolute atomic E-state index is 0.0656. The molecule has 8 heteroatoms. The predicted molar refractivity (Wildman–Crippen MR) is 62.7 cm³/mol. The first-order chi connectivity index (χ1) is 8.25. The molecule has 0 aliphatic carbocycles. The second-order valence-corrected chi connectivity index (χ2v) is 6.18. The van der Waals surface area contributed by atoms with Gasteiger partial charge in [-0.2, -0.15) is 13.2 Å². The Labute approximate surface area is 109 Å². The SMILES string of the molecule is O=S(=O)(c1ccc(Br)c2ccncc12)C(F)(F)F. The maximum atomic E-state index is 12.5. The van der Waals surface area contributed by atoms with Crippen molar-refractivity contribution >= 4 is 36.5 Å².